The van der Waals surface area contributed by atoms with Gasteiger partial charge in [0.05, 0.1) is 12.4 Å². The lowest BCUT2D eigenvalue weighted by Gasteiger charge is -2.06. The van der Waals surface area contributed by atoms with Crippen molar-refractivity contribution in [2.75, 3.05) is 23.0 Å². The van der Waals surface area contributed by atoms with E-state index in [1.165, 1.54) is 23.1 Å². The molecule has 0 spiro atoms. The Balaban J connectivity index is 1.48. The minimum atomic E-state index is -0.271. The summed E-state index contributed by atoms with van der Waals surface area (Å²) in [6, 6.07) is 14.2. The Bertz CT molecular complexity index is 995. The Labute approximate surface area is 184 Å². The van der Waals surface area contributed by atoms with E-state index in [0.717, 1.165) is 10.2 Å². The van der Waals surface area contributed by atoms with Crippen LogP contribution in [0.25, 0.3) is 0 Å². The minimum absolute atomic E-state index is 0.158. The maximum Gasteiger partial charge on any atom is 0.257 e. The number of carbonyl (C=O) groups is 2. The number of hydrogen-bond acceptors (Lipinski definition) is 7. The van der Waals surface area contributed by atoms with Crippen molar-refractivity contribution in [3.63, 3.8) is 0 Å². The monoisotopic (exact) mass is 492 g/mol. The Kier molecular flexibility index (Phi) is 7.62. The first-order chi connectivity index (χ1) is 14.0. The summed E-state index contributed by atoms with van der Waals surface area (Å²) < 4.78 is 6.78. The molecular formula is C19H17BrN4O3S2. The maximum atomic E-state index is 12.2. The molecule has 0 saturated carbocycles. The number of halogens is 1. The van der Waals surface area contributed by atoms with Crippen molar-refractivity contribution in [3.05, 3.63) is 58.6 Å². The van der Waals surface area contributed by atoms with Gasteiger partial charge >= 0.3 is 0 Å². The Morgan fingerprint density at radius 2 is 1.93 bits per heavy atom. The fraction of sp³-hybridized carbons (Fsp3) is 0.158. The SMILES string of the molecule is CCOc1ccc(NC(=O)CSc2nnc(NC(=O)c3cccc(Br)c3)s2)cc1. The van der Waals surface area contributed by atoms with Crippen molar-refractivity contribution in [3.8, 4) is 5.75 Å². The van der Waals surface area contributed by atoms with E-state index >= 15 is 0 Å². The minimum Gasteiger partial charge on any atom is -0.494 e. The van der Waals surface area contributed by atoms with Gasteiger partial charge in [0.15, 0.2) is 4.34 Å². The van der Waals surface area contributed by atoms with Crippen molar-refractivity contribution >= 4 is 61.7 Å². The van der Waals surface area contributed by atoms with Gasteiger partial charge in [-0.2, -0.15) is 0 Å². The van der Waals surface area contributed by atoms with Crippen LogP contribution in [-0.4, -0.2) is 34.4 Å². The van der Waals surface area contributed by atoms with Crippen LogP contribution >= 0.6 is 39.0 Å². The zero-order chi connectivity index (χ0) is 20.6. The molecule has 0 aliphatic carbocycles. The summed E-state index contributed by atoms with van der Waals surface area (Å²) >= 11 is 5.81. The number of anilines is 2. The van der Waals surface area contributed by atoms with Crippen LogP contribution in [0.4, 0.5) is 10.8 Å². The molecule has 0 bridgehead atoms. The molecule has 2 aromatic carbocycles. The first-order valence-corrected chi connectivity index (χ1v) is 11.2. The highest BCUT2D eigenvalue weighted by Gasteiger charge is 2.12. The Morgan fingerprint density at radius 3 is 2.66 bits per heavy atom. The third kappa shape index (κ3) is 6.55. The van der Waals surface area contributed by atoms with Crippen LogP contribution in [0.2, 0.25) is 0 Å². The summed E-state index contributed by atoms with van der Waals surface area (Å²) in [6.07, 6.45) is 0. The van der Waals surface area contributed by atoms with Gasteiger partial charge < -0.3 is 10.1 Å². The molecule has 1 heterocycles. The molecule has 0 aliphatic rings. The van der Waals surface area contributed by atoms with E-state index in [1.54, 1.807) is 42.5 Å². The zero-order valence-corrected chi connectivity index (χ0v) is 18.6. The highest BCUT2D eigenvalue weighted by atomic mass is 79.9. The molecule has 3 rings (SSSR count). The Hall–Kier alpha value is -2.43. The van der Waals surface area contributed by atoms with Crippen molar-refractivity contribution in [1.82, 2.24) is 10.2 Å². The van der Waals surface area contributed by atoms with Gasteiger partial charge in [0, 0.05) is 15.7 Å². The van der Waals surface area contributed by atoms with Crippen LogP contribution in [-0.2, 0) is 4.79 Å². The second kappa shape index (κ2) is 10.4. The van der Waals surface area contributed by atoms with E-state index in [4.69, 9.17) is 4.74 Å². The molecule has 2 amide bonds. The smallest absolute Gasteiger partial charge is 0.257 e. The van der Waals surface area contributed by atoms with E-state index in [0.29, 0.717) is 27.3 Å². The number of hydrogen-bond donors (Lipinski definition) is 2. The van der Waals surface area contributed by atoms with Gasteiger partial charge in [-0.15, -0.1) is 10.2 Å². The lowest BCUT2D eigenvalue weighted by Crippen LogP contribution is -2.13. The molecule has 0 saturated heterocycles. The average Bonchev–Trinajstić information content (AvgIpc) is 3.15. The highest BCUT2D eigenvalue weighted by molar-refractivity contribution is 9.10. The second-order valence-corrected chi connectivity index (χ2v) is 8.75. The number of benzene rings is 2. The molecule has 0 aliphatic heterocycles. The largest absolute Gasteiger partial charge is 0.494 e. The third-order valence-electron chi connectivity index (χ3n) is 3.49. The summed E-state index contributed by atoms with van der Waals surface area (Å²) in [7, 11) is 0. The predicted octanol–water partition coefficient (Wildman–Crippen LogP) is 4.68. The number of amides is 2. The normalized spacial score (nSPS) is 10.4. The van der Waals surface area contributed by atoms with Gasteiger partial charge in [0.1, 0.15) is 5.75 Å². The lowest BCUT2D eigenvalue weighted by molar-refractivity contribution is -0.113. The molecule has 7 nitrogen and oxygen atoms in total. The van der Waals surface area contributed by atoms with Crippen molar-refractivity contribution in [2.24, 2.45) is 0 Å². The van der Waals surface area contributed by atoms with Crippen molar-refractivity contribution < 1.29 is 14.3 Å². The Morgan fingerprint density at radius 1 is 1.14 bits per heavy atom. The van der Waals surface area contributed by atoms with Crippen LogP contribution in [0, 0.1) is 0 Å². The maximum absolute atomic E-state index is 12.2. The molecule has 0 atom stereocenters. The zero-order valence-electron chi connectivity index (χ0n) is 15.3. The first kappa shape index (κ1) is 21.3. The average molecular weight is 493 g/mol. The van der Waals surface area contributed by atoms with Gasteiger partial charge in [0.2, 0.25) is 11.0 Å². The number of thioether (sulfide) groups is 1. The summed E-state index contributed by atoms with van der Waals surface area (Å²) in [5, 5.41) is 13.9. The van der Waals surface area contributed by atoms with Gasteiger partial charge in [-0.3, -0.25) is 14.9 Å². The first-order valence-electron chi connectivity index (χ1n) is 8.59. The van der Waals surface area contributed by atoms with E-state index in [1.807, 2.05) is 13.0 Å². The molecule has 2 N–H and O–H groups in total. The second-order valence-electron chi connectivity index (χ2n) is 5.63. The van der Waals surface area contributed by atoms with Gasteiger partial charge in [-0.1, -0.05) is 45.1 Å². The molecule has 0 radical (unpaired) electrons. The van der Waals surface area contributed by atoms with Crippen LogP contribution in [0.15, 0.2) is 57.3 Å². The third-order valence-corrected chi connectivity index (χ3v) is 5.95. The van der Waals surface area contributed by atoms with Crippen LogP contribution in [0.1, 0.15) is 17.3 Å². The molecule has 29 heavy (non-hydrogen) atoms. The standard InChI is InChI=1S/C19H17BrN4O3S2/c1-2-27-15-8-6-14(7-9-15)21-16(25)11-28-19-24-23-18(29-19)22-17(26)12-4-3-5-13(20)10-12/h3-10H,2,11H2,1H3,(H,21,25)(H,22,23,26). The van der Waals surface area contributed by atoms with Gasteiger partial charge in [-0.05, 0) is 49.4 Å². The highest BCUT2D eigenvalue weighted by Crippen LogP contribution is 2.26. The fourth-order valence-corrected chi connectivity index (χ4v) is 4.19. The predicted molar refractivity (Wildman–Crippen MR) is 119 cm³/mol. The molecule has 0 fully saturated rings. The van der Waals surface area contributed by atoms with E-state index in [2.05, 4.69) is 36.8 Å². The number of ether oxygens (including phenoxy) is 1. The van der Waals surface area contributed by atoms with Crippen LogP contribution < -0.4 is 15.4 Å². The topological polar surface area (TPSA) is 93.2 Å². The van der Waals surface area contributed by atoms with E-state index in [-0.39, 0.29) is 17.6 Å². The van der Waals surface area contributed by atoms with Crippen molar-refractivity contribution in [2.45, 2.75) is 11.3 Å². The van der Waals surface area contributed by atoms with E-state index in [9.17, 15) is 9.59 Å². The molecular weight excluding hydrogens is 476 g/mol. The number of nitrogens with zero attached hydrogens (tertiary/aromatic N) is 2. The lowest BCUT2D eigenvalue weighted by atomic mass is 10.2. The van der Waals surface area contributed by atoms with Crippen LogP contribution in [0.3, 0.4) is 0 Å². The summed E-state index contributed by atoms with van der Waals surface area (Å²) in [4.78, 5) is 24.4. The summed E-state index contributed by atoms with van der Waals surface area (Å²) in [5.74, 6) is 0.508. The van der Waals surface area contributed by atoms with Crippen LogP contribution in [0.5, 0.6) is 5.75 Å². The number of carbonyl (C=O) groups excluding carboxylic acids is 2. The fourth-order valence-electron chi connectivity index (χ4n) is 2.24. The van der Waals surface area contributed by atoms with Gasteiger partial charge in [0.25, 0.3) is 5.91 Å². The molecule has 150 valence electrons. The number of rotatable bonds is 8. The number of nitrogens with one attached hydrogen (secondary N) is 2. The molecule has 0 unspecified atom stereocenters. The quantitative estimate of drug-likeness (QED) is 0.350. The van der Waals surface area contributed by atoms with Crippen molar-refractivity contribution in [1.29, 1.82) is 0 Å². The summed E-state index contributed by atoms with van der Waals surface area (Å²) in [6.45, 7) is 2.51. The molecule has 10 heteroatoms. The summed E-state index contributed by atoms with van der Waals surface area (Å²) in [5.41, 5.74) is 1.21. The molecule has 1 aromatic heterocycles. The van der Waals surface area contributed by atoms with E-state index < -0.39 is 0 Å². The number of aromatic nitrogens is 2. The molecule has 3 aromatic rings. The van der Waals surface area contributed by atoms with Gasteiger partial charge in [-0.25, -0.2) is 0 Å².